The van der Waals surface area contributed by atoms with E-state index < -0.39 is 0 Å². The monoisotopic (exact) mass is 189 g/mol. The van der Waals surface area contributed by atoms with Gasteiger partial charge in [0.05, 0.1) is 0 Å². The van der Waals surface area contributed by atoms with Crippen molar-refractivity contribution in [2.45, 2.75) is 45.7 Å². The largest absolute Gasteiger partial charge is 0.307 e. The zero-order chi connectivity index (χ0) is 10.1. The number of benzene rings is 1. The molecule has 14 heavy (non-hydrogen) atoms. The van der Waals surface area contributed by atoms with Gasteiger partial charge in [-0.1, -0.05) is 29.3 Å². The summed E-state index contributed by atoms with van der Waals surface area (Å²) in [5.74, 6) is 0. The predicted molar refractivity (Wildman–Crippen MR) is 60.5 cm³/mol. The molecule has 0 amide bonds. The van der Waals surface area contributed by atoms with Crippen LogP contribution in [-0.2, 0) is 0 Å². The molecule has 0 aliphatic heterocycles. The highest BCUT2D eigenvalue weighted by Gasteiger charge is 2.23. The van der Waals surface area contributed by atoms with Crippen LogP contribution in [0.3, 0.4) is 0 Å². The maximum Gasteiger partial charge on any atom is 0.0294 e. The van der Waals surface area contributed by atoms with Gasteiger partial charge in [0.15, 0.2) is 0 Å². The van der Waals surface area contributed by atoms with Crippen molar-refractivity contribution in [2.24, 2.45) is 0 Å². The van der Waals surface area contributed by atoms with Crippen molar-refractivity contribution in [1.82, 2.24) is 5.32 Å². The molecule has 0 unspecified atom stereocenters. The van der Waals surface area contributed by atoms with Crippen LogP contribution in [0.4, 0.5) is 0 Å². The van der Waals surface area contributed by atoms with Crippen molar-refractivity contribution >= 4 is 0 Å². The lowest BCUT2D eigenvalue weighted by Gasteiger charge is -2.15. The smallest absolute Gasteiger partial charge is 0.0294 e. The second-order valence-electron chi connectivity index (χ2n) is 4.58. The molecule has 1 nitrogen and oxygen atoms in total. The molecule has 2 rings (SSSR count). The van der Waals surface area contributed by atoms with Crippen LogP contribution in [0, 0.1) is 13.8 Å². The van der Waals surface area contributed by atoms with Crippen LogP contribution in [0.1, 0.15) is 42.5 Å². The molecule has 0 radical (unpaired) electrons. The number of hydrogen-bond donors (Lipinski definition) is 1. The fourth-order valence-electron chi connectivity index (χ4n) is 1.96. The molecular weight excluding hydrogens is 170 g/mol. The predicted octanol–water partition coefficient (Wildman–Crippen LogP) is 3.12. The Morgan fingerprint density at radius 3 is 2.21 bits per heavy atom. The first-order valence-electron chi connectivity index (χ1n) is 5.49. The fraction of sp³-hybridized carbons (Fsp3) is 0.538. The summed E-state index contributed by atoms with van der Waals surface area (Å²) in [7, 11) is 0. The Kier molecular flexibility index (Phi) is 2.60. The highest BCUT2D eigenvalue weighted by atomic mass is 15.0. The summed E-state index contributed by atoms with van der Waals surface area (Å²) < 4.78 is 0. The van der Waals surface area contributed by atoms with Crippen LogP contribution in [-0.4, -0.2) is 6.04 Å². The summed E-state index contributed by atoms with van der Waals surface area (Å²) in [6, 6.07) is 8.08. The fourth-order valence-corrected chi connectivity index (χ4v) is 1.96. The summed E-state index contributed by atoms with van der Waals surface area (Å²) in [4.78, 5) is 0. The van der Waals surface area contributed by atoms with Crippen LogP contribution < -0.4 is 5.32 Å². The molecule has 1 aromatic carbocycles. The second kappa shape index (κ2) is 3.74. The molecule has 0 bridgehead atoms. The zero-order valence-corrected chi connectivity index (χ0v) is 9.30. The van der Waals surface area contributed by atoms with E-state index in [1.54, 1.807) is 0 Å². The van der Waals surface area contributed by atoms with Crippen LogP contribution in [0.2, 0.25) is 0 Å². The Hall–Kier alpha value is -0.820. The van der Waals surface area contributed by atoms with E-state index in [1.165, 1.54) is 29.5 Å². The van der Waals surface area contributed by atoms with Gasteiger partial charge in [0.1, 0.15) is 0 Å². The van der Waals surface area contributed by atoms with Gasteiger partial charge in [-0.25, -0.2) is 0 Å². The van der Waals surface area contributed by atoms with E-state index in [0.29, 0.717) is 6.04 Å². The van der Waals surface area contributed by atoms with Gasteiger partial charge in [-0.05, 0) is 39.2 Å². The molecule has 0 saturated heterocycles. The van der Waals surface area contributed by atoms with Gasteiger partial charge >= 0.3 is 0 Å². The normalized spacial score (nSPS) is 18.2. The van der Waals surface area contributed by atoms with Gasteiger partial charge in [-0.15, -0.1) is 0 Å². The summed E-state index contributed by atoms with van der Waals surface area (Å²) in [6.07, 6.45) is 2.71. The van der Waals surface area contributed by atoms with E-state index in [1.807, 2.05) is 0 Å². The number of rotatable bonds is 3. The first-order valence-corrected chi connectivity index (χ1v) is 5.49. The van der Waals surface area contributed by atoms with Gasteiger partial charge in [-0.2, -0.15) is 0 Å². The number of hydrogen-bond acceptors (Lipinski definition) is 1. The number of aryl methyl sites for hydroxylation is 2. The molecule has 1 heteroatoms. The van der Waals surface area contributed by atoms with Crippen molar-refractivity contribution in [2.75, 3.05) is 0 Å². The Balaban J connectivity index is 2.12. The van der Waals surface area contributed by atoms with E-state index in [9.17, 15) is 0 Å². The summed E-state index contributed by atoms with van der Waals surface area (Å²) in [5, 5.41) is 3.62. The van der Waals surface area contributed by atoms with Gasteiger partial charge in [0.2, 0.25) is 0 Å². The third kappa shape index (κ3) is 2.36. The minimum atomic E-state index is 0.501. The molecule has 0 heterocycles. The third-order valence-corrected chi connectivity index (χ3v) is 2.81. The molecule has 1 fully saturated rings. The first-order chi connectivity index (χ1) is 6.65. The maximum atomic E-state index is 3.62. The summed E-state index contributed by atoms with van der Waals surface area (Å²) in [5.41, 5.74) is 4.16. The molecule has 1 aliphatic carbocycles. The molecular formula is C13H19N. The lowest BCUT2D eigenvalue weighted by atomic mass is 10.0. The summed E-state index contributed by atoms with van der Waals surface area (Å²) >= 11 is 0. The Labute approximate surface area is 86.5 Å². The first kappa shape index (κ1) is 9.72. The standard InChI is InChI=1S/C13H19N/c1-9-6-10(2)8-12(7-9)11(3)14-13-4-5-13/h6-8,11,13-14H,4-5H2,1-3H3/t11-/m0/s1. The lowest BCUT2D eigenvalue weighted by molar-refractivity contribution is 0.570. The number of nitrogens with one attached hydrogen (secondary N) is 1. The third-order valence-electron chi connectivity index (χ3n) is 2.81. The van der Waals surface area contributed by atoms with Crippen molar-refractivity contribution in [3.63, 3.8) is 0 Å². The van der Waals surface area contributed by atoms with Gasteiger partial charge in [0.25, 0.3) is 0 Å². The van der Waals surface area contributed by atoms with E-state index >= 15 is 0 Å². The van der Waals surface area contributed by atoms with E-state index in [-0.39, 0.29) is 0 Å². The van der Waals surface area contributed by atoms with E-state index in [2.05, 4.69) is 44.3 Å². The lowest BCUT2D eigenvalue weighted by Crippen LogP contribution is -2.20. The highest BCUT2D eigenvalue weighted by molar-refractivity contribution is 5.30. The van der Waals surface area contributed by atoms with E-state index in [0.717, 1.165) is 6.04 Å². The molecule has 1 atom stereocenters. The van der Waals surface area contributed by atoms with Gasteiger partial charge < -0.3 is 5.32 Å². The van der Waals surface area contributed by atoms with Crippen molar-refractivity contribution < 1.29 is 0 Å². The van der Waals surface area contributed by atoms with Crippen LogP contribution in [0.5, 0.6) is 0 Å². The molecule has 76 valence electrons. The summed E-state index contributed by atoms with van der Waals surface area (Å²) in [6.45, 7) is 6.59. The van der Waals surface area contributed by atoms with Crippen LogP contribution in [0.15, 0.2) is 18.2 Å². The van der Waals surface area contributed by atoms with Gasteiger partial charge in [-0.3, -0.25) is 0 Å². The highest BCUT2D eigenvalue weighted by Crippen LogP contribution is 2.24. The minimum Gasteiger partial charge on any atom is -0.307 e. The van der Waals surface area contributed by atoms with Crippen molar-refractivity contribution in [1.29, 1.82) is 0 Å². The molecule has 1 saturated carbocycles. The molecule has 0 spiro atoms. The second-order valence-corrected chi connectivity index (χ2v) is 4.58. The Morgan fingerprint density at radius 2 is 1.71 bits per heavy atom. The SMILES string of the molecule is Cc1cc(C)cc([C@H](C)NC2CC2)c1. The average Bonchev–Trinajstić information content (AvgIpc) is 2.86. The van der Waals surface area contributed by atoms with E-state index in [4.69, 9.17) is 0 Å². The molecule has 1 aliphatic rings. The maximum absolute atomic E-state index is 3.62. The van der Waals surface area contributed by atoms with Crippen molar-refractivity contribution in [3.8, 4) is 0 Å². The molecule has 1 N–H and O–H groups in total. The van der Waals surface area contributed by atoms with Crippen molar-refractivity contribution in [3.05, 3.63) is 34.9 Å². The Bertz CT molecular complexity index is 306. The molecule has 1 aromatic rings. The Morgan fingerprint density at radius 1 is 1.14 bits per heavy atom. The topological polar surface area (TPSA) is 12.0 Å². The minimum absolute atomic E-state index is 0.501. The van der Waals surface area contributed by atoms with Crippen LogP contribution >= 0.6 is 0 Å². The molecule has 0 aromatic heterocycles. The van der Waals surface area contributed by atoms with Crippen LogP contribution in [0.25, 0.3) is 0 Å². The zero-order valence-electron chi connectivity index (χ0n) is 9.30. The van der Waals surface area contributed by atoms with Gasteiger partial charge in [0, 0.05) is 12.1 Å². The average molecular weight is 189 g/mol. The quantitative estimate of drug-likeness (QED) is 0.770.